The van der Waals surface area contributed by atoms with Crippen molar-refractivity contribution in [1.29, 1.82) is 0 Å². The fraction of sp³-hybridized carbons (Fsp3) is 0.226. The Balaban J connectivity index is 1.29. The van der Waals surface area contributed by atoms with Gasteiger partial charge in [0.2, 0.25) is 5.91 Å². The molecular formula is C31H30N2O4. The molecule has 1 aliphatic rings. The molecule has 1 unspecified atom stereocenters. The molecule has 1 aliphatic heterocycles. The average Bonchev–Trinajstić information content (AvgIpc) is 3.40. The quantitative estimate of drug-likeness (QED) is 0.364. The molecule has 0 radical (unpaired) electrons. The van der Waals surface area contributed by atoms with Gasteiger partial charge >= 0.3 is 0 Å². The Bertz CT molecular complexity index is 1390. The molecule has 1 aromatic heterocycles. The smallest absolute Gasteiger partial charge is 0.287 e. The van der Waals surface area contributed by atoms with Gasteiger partial charge in [0.1, 0.15) is 18.1 Å². The number of carbonyl (C=O) groups excluding carboxylic acids is 2. The van der Waals surface area contributed by atoms with Crippen LogP contribution in [0.3, 0.4) is 0 Å². The van der Waals surface area contributed by atoms with E-state index in [1.165, 1.54) is 11.1 Å². The number of benzene rings is 3. The minimum atomic E-state index is -0.269. The molecule has 0 saturated heterocycles. The lowest BCUT2D eigenvalue weighted by atomic mass is 9.87. The number of ether oxygens (including phenoxy) is 1. The summed E-state index contributed by atoms with van der Waals surface area (Å²) < 4.78 is 11.8. The first-order chi connectivity index (χ1) is 18.0. The number of carbonyl (C=O) groups is 2. The van der Waals surface area contributed by atoms with E-state index in [0.717, 1.165) is 23.1 Å². The molecule has 0 bridgehead atoms. The summed E-state index contributed by atoms with van der Waals surface area (Å²) in [6, 6.07) is 27.4. The van der Waals surface area contributed by atoms with Gasteiger partial charge < -0.3 is 19.4 Å². The highest BCUT2D eigenvalue weighted by Crippen LogP contribution is 2.37. The summed E-state index contributed by atoms with van der Waals surface area (Å²) >= 11 is 0. The van der Waals surface area contributed by atoms with Crippen LogP contribution < -0.4 is 10.1 Å². The normalized spacial score (nSPS) is 14.6. The number of nitrogens with one attached hydrogen (secondary N) is 1. The van der Waals surface area contributed by atoms with Crippen molar-refractivity contribution in [3.05, 3.63) is 124 Å². The number of aryl methyl sites for hydroxylation is 1. The molecule has 1 atom stereocenters. The number of hydrogen-bond donors (Lipinski definition) is 1. The molecule has 6 heteroatoms. The summed E-state index contributed by atoms with van der Waals surface area (Å²) in [5.74, 6) is 1.28. The van der Waals surface area contributed by atoms with Gasteiger partial charge in [-0.05, 0) is 59.9 Å². The second-order valence-corrected chi connectivity index (χ2v) is 9.36. The lowest BCUT2D eigenvalue weighted by molar-refractivity contribution is -0.130. The standard InChI is InChI=1S/C31H30N2O4/c1-21-8-10-25(11-9-21)30-28-18-26(13-12-24(28)16-17-33(30)22(2)34)36-20-27-14-15-29(37-27)31(35)32-19-23-6-4-3-5-7-23/h3-15,18,30H,16-17,19-20H2,1-2H3,(H,32,35). The summed E-state index contributed by atoms with van der Waals surface area (Å²) in [7, 11) is 0. The van der Waals surface area contributed by atoms with Crippen LogP contribution in [0.25, 0.3) is 0 Å². The molecule has 3 aromatic carbocycles. The van der Waals surface area contributed by atoms with Gasteiger partial charge in [0.25, 0.3) is 5.91 Å². The number of fused-ring (bicyclic) bond motifs is 1. The van der Waals surface area contributed by atoms with Crippen LogP contribution in [0.5, 0.6) is 5.75 Å². The maximum absolute atomic E-state index is 12.5. The number of amides is 2. The van der Waals surface area contributed by atoms with Gasteiger partial charge in [-0.1, -0.05) is 66.2 Å². The molecule has 188 valence electrons. The number of furan rings is 1. The van der Waals surface area contributed by atoms with Gasteiger partial charge in [0.05, 0.1) is 6.04 Å². The molecule has 5 rings (SSSR count). The van der Waals surface area contributed by atoms with Crippen molar-refractivity contribution < 1.29 is 18.7 Å². The summed E-state index contributed by atoms with van der Waals surface area (Å²) in [5, 5.41) is 2.87. The molecule has 0 aliphatic carbocycles. The van der Waals surface area contributed by atoms with Crippen LogP contribution in [0.2, 0.25) is 0 Å². The van der Waals surface area contributed by atoms with E-state index >= 15 is 0 Å². The average molecular weight is 495 g/mol. The number of hydrogen-bond acceptors (Lipinski definition) is 4. The van der Waals surface area contributed by atoms with Crippen LogP contribution in [0.15, 0.2) is 89.3 Å². The van der Waals surface area contributed by atoms with Crippen LogP contribution in [0.4, 0.5) is 0 Å². The largest absolute Gasteiger partial charge is 0.486 e. The zero-order valence-corrected chi connectivity index (χ0v) is 21.1. The third-order valence-electron chi connectivity index (χ3n) is 6.71. The van der Waals surface area contributed by atoms with Crippen molar-refractivity contribution >= 4 is 11.8 Å². The molecule has 6 nitrogen and oxygen atoms in total. The third-order valence-corrected chi connectivity index (χ3v) is 6.71. The Morgan fingerprint density at radius 2 is 1.78 bits per heavy atom. The second-order valence-electron chi connectivity index (χ2n) is 9.36. The van der Waals surface area contributed by atoms with Gasteiger partial charge in [0.15, 0.2) is 5.76 Å². The molecule has 1 N–H and O–H groups in total. The van der Waals surface area contributed by atoms with E-state index in [2.05, 4.69) is 42.6 Å². The lowest BCUT2D eigenvalue weighted by Gasteiger charge is -2.37. The van der Waals surface area contributed by atoms with Crippen molar-refractivity contribution in [2.45, 2.75) is 39.5 Å². The fourth-order valence-corrected chi connectivity index (χ4v) is 4.73. The Labute approximate surface area is 216 Å². The van der Waals surface area contributed by atoms with Crippen LogP contribution in [0.1, 0.15) is 57.1 Å². The highest BCUT2D eigenvalue weighted by Gasteiger charge is 2.30. The third kappa shape index (κ3) is 5.59. The minimum absolute atomic E-state index is 0.0520. The molecule has 0 fully saturated rings. The first-order valence-corrected chi connectivity index (χ1v) is 12.5. The van der Waals surface area contributed by atoms with Crippen LogP contribution >= 0.6 is 0 Å². The predicted octanol–water partition coefficient (Wildman–Crippen LogP) is 5.59. The monoisotopic (exact) mass is 494 g/mol. The van der Waals surface area contributed by atoms with Crippen molar-refractivity contribution in [2.75, 3.05) is 6.54 Å². The van der Waals surface area contributed by atoms with E-state index in [9.17, 15) is 9.59 Å². The summed E-state index contributed by atoms with van der Waals surface area (Å²) in [6.07, 6.45) is 0.803. The second kappa shape index (κ2) is 10.7. The zero-order chi connectivity index (χ0) is 25.8. The zero-order valence-electron chi connectivity index (χ0n) is 21.1. The SMILES string of the molecule is CC(=O)N1CCc2ccc(OCc3ccc(C(=O)NCc4ccccc4)o3)cc2C1c1ccc(C)cc1. The summed E-state index contributed by atoms with van der Waals surface area (Å²) in [4.78, 5) is 26.9. The van der Waals surface area contributed by atoms with Gasteiger partial charge in [0, 0.05) is 20.0 Å². The Morgan fingerprint density at radius 1 is 1.00 bits per heavy atom. The Hall–Kier alpha value is -4.32. The van der Waals surface area contributed by atoms with Crippen molar-refractivity contribution in [3.63, 3.8) is 0 Å². The van der Waals surface area contributed by atoms with Crippen LogP contribution in [-0.2, 0) is 24.4 Å². The molecule has 0 spiro atoms. The Morgan fingerprint density at radius 3 is 2.54 bits per heavy atom. The van der Waals surface area contributed by atoms with E-state index < -0.39 is 0 Å². The first kappa shape index (κ1) is 24.4. The van der Waals surface area contributed by atoms with Crippen molar-refractivity contribution in [2.24, 2.45) is 0 Å². The van der Waals surface area contributed by atoms with Crippen molar-refractivity contribution in [1.82, 2.24) is 10.2 Å². The molecule has 4 aromatic rings. The summed E-state index contributed by atoms with van der Waals surface area (Å²) in [5.41, 5.74) is 5.56. The van der Waals surface area contributed by atoms with E-state index in [0.29, 0.717) is 24.6 Å². The highest BCUT2D eigenvalue weighted by atomic mass is 16.5. The van der Waals surface area contributed by atoms with Crippen LogP contribution in [-0.4, -0.2) is 23.3 Å². The predicted molar refractivity (Wildman–Crippen MR) is 141 cm³/mol. The van der Waals surface area contributed by atoms with Gasteiger partial charge in [-0.2, -0.15) is 0 Å². The van der Waals surface area contributed by atoms with E-state index in [4.69, 9.17) is 9.15 Å². The molecule has 0 saturated carbocycles. The molecular weight excluding hydrogens is 464 g/mol. The maximum Gasteiger partial charge on any atom is 0.287 e. The molecule has 2 amide bonds. The molecule has 37 heavy (non-hydrogen) atoms. The first-order valence-electron chi connectivity index (χ1n) is 12.5. The Kier molecular flexibility index (Phi) is 7.08. The fourth-order valence-electron chi connectivity index (χ4n) is 4.73. The van der Waals surface area contributed by atoms with Crippen molar-refractivity contribution in [3.8, 4) is 5.75 Å². The number of nitrogens with zero attached hydrogens (tertiary/aromatic N) is 1. The highest BCUT2D eigenvalue weighted by molar-refractivity contribution is 5.91. The summed E-state index contributed by atoms with van der Waals surface area (Å²) in [6.45, 7) is 4.98. The van der Waals surface area contributed by atoms with Gasteiger partial charge in [-0.25, -0.2) is 0 Å². The van der Waals surface area contributed by atoms with E-state index in [1.807, 2.05) is 47.4 Å². The van der Waals surface area contributed by atoms with Gasteiger partial charge in [-0.3, -0.25) is 9.59 Å². The maximum atomic E-state index is 12.5. The topological polar surface area (TPSA) is 71.8 Å². The van der Waals surface area contributed by atoms with Gasteiger partial charge in [-0.15, -0.1) is 0 Å². The molecule has 2 heterocycles. The lowest BCUT2D eigenvalue weighted by Crippen LogP contribution is -2.39. The minimum Gasteiger partial charge on any atom is -0.486 e. The van der Waals surface area contributed by atoms with E-state index in [1.54, 1.807) is 19.1 Å². The number of rotatable bonds is 7. The van der Waals surface area contributed by atoms with Crippen LogP contribution in [0, 0.1) is 6.92 Å². The van der Waals surface area contributed by atoms with E-state index in [-0.39, 0.29) is 30.2 Å².